The molecule has 1 unspecified atom stereocenters. The van der Waals surface area contributed by atoms with Crippen molar-refractivity contribution in [2.45, 2.75) is 25.8 Å². The number of nitrogens with zero attached hydrogens (tertiary/aromatic N) is 1. The van der Waals surface area contributed by atoms with Crippen LogP contribution >= 0.6 is 11.3 Å². The molecule has 2 aromatic rings. The molecule has 1 aromatic carbocycles. The van der Waals surface area contributed by atoms with Gasteiger partial charge in [-0.25, -0.2) is 4.98 Å². The molecule has 0 amide bonds. The highest BCUT2D eigenvalue weighted by molar-refractivity contribution is 7.09. The van der Waals surface area contributed by atoms with Crippen molar-refractivity contribution in [3.63, 3.8) is 0 Å². The maximum atomic E-state index is 4.32. The summed E-state index contributed by atoms with van der Waals surface area (Å²) >= 11 is 1.74. The summed E-state index contributed by atoms with van der Waals surface area (Å²) in [4.78, 5) is 5.68. The Kier molecular flexibility index (Phi) is 4.29. The minimum Gasteiger partial charge on any atom is -0.312 e. The molecule has 1 heterocycles. The molecule has 0 aliphatic heterocycles. The number of thiazole rings is 1. The number of aryl methyl sites for hydroxylation is 2. The third-order valence-corrected chi connectivity index (χ3v) is 4.06. The van der Waals surface area contributed by atoms with Crippen LogP contribution in [0.25, 0.3) is 0 Å². The lowest BCUT2D eigenvalue weighted by molar-refractivity contribution is 0.554. The summed E-state index contributed by atoms with van der Waals surface area (Å²) in [6, 6.07) is 11.1. The maximum absolute atomic E-state index is 4.32. The minimum absolute atomic E-state index is 0.419. The predicted octanol–water partition coefficient (Wildman–Crippen LogP) is 3.34. The van der Waals surface area contributed by atoms with Crippen molar-refractivity contribution in [3.8, 4) is 0 Å². The molecule has 2 nitrogen and oxygen atoms in total. The summed E-state index contributed by atoms with van der Waals surface area (Å²) < 4.78 is 0. The monoisotopic (exact) mass is 246 g/mol. The molecule has 0 aliphatic carbocycles. The van der Waals surface area contributed by atoms with Gasteiger partial charge in [-0.2, -0.15) is 0 Å². The van der Waals surface area contributed by atoms with Crippen LogP contribution in [-0.2, 0) is 6.42 Å². The number of aromatic nitrogens is 1. The van der Waals surface area contributed by atoms with E-state index < -0.39 is 0 Å². The van der Waals surface area contributed by atoms with Crippen LogP contribution in [0.5, 0.6) is 0 Å². The molecule has 1 atom stereocenters. The maximum Gasteiger partial charge on any atom is 0.0798 e. The van der Waals surface area contributed by atoms with E-state index in [1.54, 1.807) is 11.3 Å². The van der Waals surface area contributed by atoms with Gasteiger partial charge in [0.25, 0.3) is 0 Å². The van der Waals surface area contributed by atoms with E-state index in [0.717, 1.165) is 18.5 Å². The molecular formula is C14H18N2S. The van der Waals surface area contributed by atoms with Crippen LogP contribution in [-0.4, -0.2) is 12.0 Å². The summed E-state index contributed by atoms with van der Waals surface area (Å²) in [6.45, 7) is 2.08. The van der Waals surface area contributed by atoms with Crippen LogP contribution in [0.1, 0.15) is 28.6 Å². The van der Waals surface area contributed by atoms with Crippen LogP contribution in [0.3, 0.4) is 0 Å². The number of hydrogen-bond acceptors (Lipinski definition) is 3. The third-order valence-electron chi connectivity index (χ3n) is 3.01. The first-order valence-electron chi connectivity index (χ1n) is 5.92. The van der Waals surface area contributed by atoms with Crippen molar-refractivity contribution >= 4 is 11.3 Å². The molecule has 17 heavy (non-hydrogen) atoms. The Hall–Kier alpha value is -1.19. The summed E-state index contributed by atoms with van der Waals surface area (Å²) in [6.07, 6.45) is 2.22. The van der Waals surface area contributed by atoms with Crippen LogP contribution in [0, 0.1) is 6.92 Å². The Labute approximate surface area is 107 Å². The third kappa shape index (κ3) is 3.14. The van der Waals surface area contributed by atoms with Crippen molar-refractivity contribution in [3.05, 3.63) is 52.0 Å². The summed E-state index contributed by atoms with van der Waals surface area (Å²) in [5.74, 6) is 0. The second-order valence-electron chi connectivity index (χ2n) is 4.17. The Morgan fingerprint density at radius 1 is 1.29 bits per heavy atom. The quantitative estimate of drug-likeness (QED) is 0.875. The zero-order valence-electron chi connectivity index (χ0n) is 10.3. The van der Waals surface area contributed by atoms with Gasteiger partial charge in [-0.15, -0.1) is 11.3 Å². The second kappa shape index (κ2) is 5.94. The molecule has 0 fully saturated rings. The van der Waals surface area contributed by atoms with Crippen LogP contribution in [0.2, 0.25) is 0 Å². The number of hydrogen-bond donors (Lipinski definition) is 1. The van der Waals surface area contributed by atoms with Crippen LogP contribution in [0.15, 0.2) is 35.8 Å². The molecule has 0 bridgehead atoms. The average molecular weight is 246 g/mol. The summed E-state index contributed by atoms with van der Waals surface area (Å²) in [5.41, 5.74) is 4.48. The lowest BCUT2D eigenvalue weighted by Crippen LogP contribution is -2.16. The van der Waals surface area contributed by atoms with Crippen LogP contribution < -0.4 is 5.32 Å². The first-order valence-corrected chi connectivity index (χ1v) is 6.80. The highest BCUT2D eigenvalue weighted by atomic mass is 32.1. The van der Waals surface area contributed by atoms with E-state index in [1.165, 1.54) is 10.4 Å². The van der Waals surface area contributed by atoms with Gasteiger partial charge in [0.2, 0.25) is 0 Å². The molecule has 3 heteroatoms. The molecule has 1 aromatic heterocycles. The predicted molar refractivity (Wildman–Crippen MR) is 73.4 cm³/mol. The lowest BCUT2D eigenvalue weighted by Gasteiger charge is -2.15. The first kappa shape index (κ1) is 12.3. The molecule has 0 radical (unpaired) electrons. The smallest absolute Gasteiger partial charge is 0.0798 e. The van der Waals surface area contributed by atoms with E-state index in [0.29, 0.717) is 6.04 Å². The molecule has 90 valence electrons. The Bertz CT molecular complexity index is 450. The number of nitrogens with one attached hydrogen (secondary N) is 1. The molecule has 2 rings (SSSR count). The van der Waals surface area contributed by atoms with E-state index in [4.69, 9.17) is 0 Å². The van der Waals surface area contributed by atoms with Gasteiger partial charge in [0, 0.05) is 10.9 Å². The van der Waals surface area contributed by atoms with Crippen molar-refractivity contribution in [1.82, 2.24) is 10.3 Å². The van der Waals surface area contributed by atoms with Crippen molar-refractivity contribution in [1.29, 1.82) is 0 Å². The van der Waals surface area contributed by atoms with Crippen LogP contribution in [0.4, 0.5) is 0 Å². The van der Waals surface area contributed by atoms with Gasteiger partial charge < -0.3 is 5.32 Å². The van der Waals surface area contributed by atoms with E-state index in [2.05, 4.69) is 47.6 Å². The van der Waals surface area contributed by atoms with Gasteiger partial charge in [0.15, 0.2) is 0 Å². The molecule has 1 N–H and O–H groups in total. The Balaban J connectivity index is 2.00. The number of benzene rings is 1. The fourth-order valence-electron chi connectivity index (χ4n) is 2.01. The largest absolute Gasteiger partial charge is 0.312 e. The van der Waals surface area contributed by atoms with Gasteiger partial charge >= 0.3 is 0 Å². The Morgan fingerprint density at radius 3 is 2.65 bits per heavy atom. The van der Waals surface area contributed by atoms with Crippen molar-refractivity contribution in [2.24, 2.45) is 0 Å². The summed E-state index contributed by atoms with van der Waals surface area (Å²) in [5, 5.41) is 3.39. The minimum atomic E-state index is 0.419. The standard InChI is InChI=1S/C14H18N2S/c1-11-14(17-10-16-11)13(15-2)9-8-12-6-4-3-5-7-12/h3-7,10,13,15H,8-9H2,1-2H3. The van der Waals surface area contributed by atoms with E-state index in [-0.39, 0.29) is 0 Å². The van der Waals surface area contributed by atoms with Gasteiger partial charge in [-0.1, -0.05) is 30.3 Å². The van der Waals surface area contributed by atoms with Crippen molar-refractivity contribution in [2.75, 3.05) is 7.05 Å². The highest BCUT2D eigenvalue weighted by Crippen LogP contribution is 2.25. The van der Waals surface area contributed by atoms with Gasteiger partial charge in [0.1, 0.15) is 0 Å². The Morgan fingerprint density at radius 2 is 2.06 bits per heavy atom. The molecule has 0 saturated carbocycles. The zero-order chi connectivity index (χ0) is 12.1. The van der Waals surface area contributed by atoms with Crippen molar-refractivity contribution < 1.29 is 0 Å². The van der Waals surface area contributed by atoms with E-state index in [9.17, 15) is 0 Å². The topological polar surface area (TPSA) is 24.9 Å². The zero-order valence-corrected chi connectivity index (χ0v) is 11.1. The van der Waals surface area contributed by atoms with E-state index in [1.807, 2.05) is 12.6 Å². The molecule has 0 saturated heterocycles. The SMILES string of the molecule is CNC(CCc1ccccc1)c1scnc1C. The fourth-order valence-corrected chi connectivity index (χ4v) is 2.96. The van der Waals surface area contributed by atoms with E-state index >= 15 is 0 Å². The lowest BCUT2D eigenvalue weighted by atomic mass is 10.0. The number of rotatable bonds is 5. The van der Waals surface area contributed by atoms with Gasteiger partial charge in [-0.05, 0) is 32.4 Å². The normalized spacial score (nSPS) is 12.6. The average Bonchev–Trinajstić information content (AvgIpc) is 2.78. The second-order valence-corrected chi connectivity index (χ2v) is 5.05. The summed E-state index contributed by atoms with van der Waals surface area (Å²) in [7, 11) is 2.02. The molecule has 0 aliphatic rings. The fraction of sp³-hybridized carbons (Fsp3) is 0.357. The molecule has 0 spiro atoms. The van der Waals surface area contributed by atoms with Gasteiger partial charge in [0.05, 0.1) is 11.2 Å². The van der Waals surface area contributed by atoms with Gasteiger partial charge in [-0.3, -0.25) is 0 Å². The highest BCUT2D eigenvalue weighted by Gasteiger charge is 2.13. The molecular weight excluding hydrogens is 228 g/mol. The first-order chi connectivity index (χ1) is 8.31.